The first-order valence-corrected chi connectivity index (χ1v) is 11.6. The van der Waals surface area contributed by atoms with E-state index in [1.807, 2.05) is 52.0 Å². The van der Waals surface area contributed by atoms with Gasteiger partial charge in [0.1, 0.15) is 5.82 Å². The van der Waals surface area contributed by atoms with Crippen LogP contribution in [0.1, 0.15) is 81.0 Å². The van der Waals surface area contributed by atoms with Crippen LogP contribution in [-0.2, 0) is 7.05 Å². The molecule has 30 heavy (non-hydrogen) atoms. The zero-order valence-corrected chi connectivity index (χ0v) is 21.3. The molecular formula is C28H46N2. The van der Waals surface area contributed by atoms with Gasteiger partial charge >= 0.3 is 0 Å². The number of rotatable bonds is 6. The molecule has 168 valence electrons. The maximum absolute atomic E-state index is 4.89. The first-order valence-electron chi connectivity index (χ1n) is 11.6. The van der Waals surface area contributed by atoms with E-state index in [1.54, 1.807) is 0 Å². The Kier molecular flexibility index (Phi) is 18.6. The highest BCUT2D eigenvalue weighted by Gasteiger charge is 2.17. The van der Waals surface area contributed by atoms with Gasteiger partial charge in [-0.1, -0.05) is 117 Å². The van der Waals surface area contributed by atoms with Gasteiger partial charge in [0, 0.05) is 24.4 Å². The second-order valence-corrected chi connectivity index (χ2v) is 6.50. The zero-order chi connectivity index (χ0) is 23.5. The van der Waals surface area contributed by atoms with Gasteiger partial charge in [0.2, 0.25) is 0 Å². The van der Waals surface area contributed by atoms with Crippen LogP contribution in [0.3, 0.4) is 0 Å². The third kappa shape index (κ3) is 9.43. The summed E-state index contributed by atoms with van der Waals surface area (Å²) >= 11 is 0. The maximum Gasteiger partial charge on any atom is 0.140 e. The molecule has 2 aromatic rings. The molecule has 0 N–H and O–H groups in total. The zero-order valence-electron chi connectivity index (χ0n) is 21.3. The summed E-state index contributed by atoms with van der Waals surface area (Å²) in [6.45, 7) is 22.7. The molecule has 0 amide bonds. The van der Waals surface area contributed by atoms with Gasteiger partial charge in [0.15, 0.2) is 0 Å². The molecule has 1 aromatic heterocycles. The second-order valence-electron chi connectivity index (χ2n) is 6.50. The Morgan fingerprint density at radius 3 is 2.03 bits per heavy atom. The van der Waals surface area contributed by atoms with Crippen LogP contribution in [0.5, 0.6) is 0 Å². The number of aromatic nitrogens is 2. The van der Waals surface area contributed by atoms with Crippen LogP contribution in [0.15, 0.2) is 66.9 Å². The van der Waals surface area contributed by atoms with E-state index in [9.17, 15) is 0 Å². The lowest BCUT2D eigenvalue weighted by Gasteiger charge is -2.17. The number of hydrogen-bond acceptors (Lipinski definition) is 1. The molecule has 0 aliphatic carbocycles. The molecule has 0 radical (unpaired) electrons. The summed E-state index contributed by atoms with van der Waals surface area (Å²) in [5.41, 5.74) is 4.61. The molecular weight excluding hydrogens is 364 g/mol. The molecule has 0 fully saturated rings. The molecule has 0 saturated heterocycles. The van der Waals surface area contributed by atoms with E-state index in [4.69, 9.17) is 4.98 Å². The molecule has 1 atom stereocenters. The van der Waals surface area contributed by atoms with Crippen LogP contribution in [0.2, 0.25) is 0 Å². The lowest BCUT2D eigenvalue weighted by molar-refractivity contribution is 0.670. The monoisotopic (exact) mass is 410 g/mol. The fraction of sp³-hybridized carbons (Fsp3) is 0.464. The standard InChI is InChI=1S/C21H26N2.C3H8.2C2H6/c1-6-12-19(18(8-3)16(4)7-2)21-22-20(15-23(21)5)17-13-10-9-11-14-17;1-3-2;2*1-2/h6,8-16H,1,7H2,2-5H3;3H2,1-2H3;2*1-2H3/b18-8-,19-12+;;;. The van der Waals surface area contributed by atoms with Crippen molar-refractivity contribution in [2.24, 2.45) is 13.0 Å². The normalized spacial score (nSPS) is 11.7. The Bertz CT molecular complexity index is 733. The number of imidazole rings is 1. The number of nitrogens with zero attached hydrogens (tertiary/aromatic N) is 2. The highest BCUT2D eigenvalue weighted by molar-refractivity contribution is 5.78. The molecule has 0 aliphatic rings. The predicted octanol–water partition coefficient (Wildman–Crippen LogP) is 9.12. The molecule has 0 bridgehead atoms. The van der Waals surface area contributed by atoms with Crippen molar-refractivity contribution in [3.8, 4) is 11.3 Å². The van der Waals surface area contributed by atoms with Crippen molar-refractivity contribution in [1.82, 2.24) is 9.55 Å². The number of allylic oxidation sites excluding steroid dienone is 5. The van der Waals surface area contributed by atoms with E-state index >= 15 is 0 Å². The highest BCUT2D eigenvalue weighted by Crippen LogP contribution is 2.31. The fourth-order valence-corrected chi connectivity index (χ4v) is 2.81. The Labute approximate surface area is 187 Å². The minimum Gasteiger partial charge on any atom is -0.333 e. The van der Waals surface area contributed by atoms with Crippen molar-refractivity contribution in [3.05, 3.63) is 72.7 Å². The minimum absolute atomic E-state index is 0.489. The lowest BCUT2D eigenvalue weighted by Crippen LogP contribution is -2.05. The SMILES string of the molecule is C=C/C=C(\C(=C/C)C(C)CC)c1nc(-c2ccccc2)cn1C.CC.CC.CCC. The van der Waals surface area contributed by atoms with Gasteiger partial charge in [-0.3, -0.25) is 0 Å². The van der Waals surface area contributed by atoms with Gasteiger partial charge < -0.3 is 4.57 Å². The van der Waals surface area contributed by atoms with Crippen LogP contribution in [0.25, 0.3) is 16.8 Å². The minimum atomic E-state index is 0.489. The summed E-state index contributed by atoms with van der Waals surface area (Å²) in [4.78, 5) is 4.89. The van der Waals surface area contributed by atoms with Crippen molar-refractivity contribution in [3.63, 3.8) is 0 Å². The van der Waals surface area contributed by atoms with Gasteiger partial charge in [-0.2, -0.15) is 0 Å². The molecule has 0 aliphatic heterocycles. The average Bonchev–Trinajstić information content (AvgIpc) is 3.18. The summed E-state index contributed by atoms with van der Waals surface area (Å²) in [6, 6.07) is 10.3. The lowest BCUT2D eigenvalue weighted by atomic mass is 9.90. The second kappa shape index (κ2) is 18.7. The first kappa shape index (κ1) is 29.8. The van der Waals surface area contributed by atoms with Crippen molar-refractivity contribution in [2.45, 2.75) is 75.2 Å². The topological polar surface area (TPSA) is 17.8 Å². The van der Waals surface area contributed by atoms with Crippen LogP contribution < -0.4 is 0 Å². The molecule has 1 unspecified atom stereocenters. The van der Waals surface area contributed by atoms with Gasteiger partial charge in [-0.25, -0.2) is 4.98 Å². The summed E-state index contributed by atoms with van der Waals surface area (Å²) in [7, 11) is 2.05. The molecule has 1 heterocycles. The van der Waals surface area contributed by atoms with Crippen LogP contribution in [-0.4, -0.2) is 9.55 Å². The molecule has 0 spiro atoms. The van der Waals surface area contributed by atoms with Gasteiger partial charge in [0.05, 0.1) is 5.69 Å². The summed E-state index contributed by atoms with van der Waals surface area (Å²) in [5, 5.41) is 0. The first-order chi connectivity index (χ1) is 14.5. The largest absolute Gasteiger partial charge is 0.333 e. The fourth-order valence-electron chi connectivity index (χ4n) is 2.81. The Morgan fingerprint density at radius 1 is 1.07 bits per heavy atom. The van der Waals surface area contributed by atoms with Crippen molar-refractivity contribution >= 4 is 5.57 Å². The van der Waals surface area contributed by atoms with E-state index in [0.29, 0.717) is 5.92 Å². The van der Waals surface area contributed by atoms with Crippen LogP contribution in [0.4, 0.5) is 0 Å². The summed E-state index contributed by atoms with van der Waals surface area (Å²) in [5.74, 6) is 1.47. The number of hydrogen-bond donors (Lipinski definition) is 0. The number of aryl methyl sites for hydroxylation is 1. The quantitative estimate of drug-likeness (QED) is 0.434. The Hall–Kier alpha value is -2.35. The molecule has 2 rings (SSSR count). The Morgan fingerprint density at radius 2 is 1.60 bits per heavy atom. The smallest absolute Gasteiger partial charge is 0.140 e. The highest BCUT2D eigenvalue weighted by atomic mass is 15.0. The Balaban J connectivity index is 0. The number of benzene rings is 1. The van der Waals surface area contributed by atoms with Gasteiger partial charge in [-0.15, -0.1) is 0 Å². The van der Waals surface area contributed by atoms with E-state index in [-0.39, 0.29) is 0 Å². The predicted molar refractivity (Wildman–Crippen MR) is 139 cm³/mol. The van der Waals surface area contributed by atoms with E-state index in [0.717, 1.165) is 29.1 Å². The van der Waals surface area contributed by atoms with Crippen molar-refractivity contribution in [1.29, 1.82) is 0 Å². The molecule has 0 saturated carbocycles. The third-order valence-electron chi connectivity index (χ3n) is 4.24. The maximum atomic E-state index is 4.89. The van der Waals surface area contributed by atoms with E-state index in [1.165, 1.54) is 12.0 Å². The van der Waals surface area contributed by atoms with Gasteiger partial charge in [0.25, 0.3) is 0 Å². The molecule has 1 aromatic carbocycles. The van der Waals surface area contributed by atoms with Crippen LogP contribution in [0, 0.1) is 5.92 Å². The van der Waals surface area contributed by atoms with E-state index in [2.05, 4.69) is 83.3 Å². The molecule has 2 heteroatoms. The van der Waals surface area contributed by atoms with Crippen LogP contribution >= 0.6 is 0 Å². The van der Waals surface area contributed by atoms with E-state index < -0.39 is 0 Å². The van der Waals surface area contributed by atoms with Crippen molar-refractivity contribution < 1.29 is 0 Å². The average molecular weight is 411 g/mol. The summed E-state index contributed by atoms with van der Waals surface area (Å²) in [6.07, 6.45) is 10.5. The summed E-state index contributed by atoms with van der Waals surface area (Å²) < 4.78 is 2.10. The van der Waals surface area contributed by atoms with Crippen molar-refractivity contribution in [2.75, 3.05) is 0 Å². The molecule has 2 nitrogen and oxygen atoms in total. The third-order valence-corrected chi connectivity index (χ3v) is 4.24. The van der Waals surface area contributed by atoms with Gasteiger partial charge in [-0.05, 0) is 24.8 Å².